The fraction of sp³-hybridized carbons (Fsp3) is 0.444. The van der Waals surface area contributed by atoms with Crippen molar-refractivity contribution in [2.75, 3.05) is 62.4 Å². The molecule has 0 atom stereocenters. The Morgan fingerprint density at radius 1 is 0.688 bits per heavy atom. The van der Waals surface area contributed by atoms with Gasteiger partial charge in [-0.25, -0.2) is 9.97 Å². The standard InChI is InChI=1S/2C9H11N3O3.2Li/c2*13-9(14)7-5-10-6-8(11-7)12-1-3-15-4-2-12;;/h2*5-6H,1-4H2,(H,13,14);;/q;;2*+1/p-2. The molecule has 0 amide bonds. The third kappa shape index (κ3) is 8.06. The smallest absolute Gasteiger partial charge is 0.543 e. The van der Waals surface area contributed by atoms with Gasteiger partial charge in [-0.05, 0) is 0 Å². The van der Waals surface area contributed by atoms with Gasteiger partial charge in [0.05, 0.1) is 63.2 Å². The van der Waals surface area contributed by atoms with Gasteiger partial charge < -0.3 is 39.1 Å². The molecule has 0 radical (unpaired) electrons. The van der Waals surface area contributed by atoms with Gasteiger partial charge in [0.25, 0.3) is 0 Å². The number of carboxylic acid groups (broad SMARTS) is 2. The molecule has 2 aromatic rings. The topological polar surface area (TPSA) is 157 Å². The van der Waals surface area contributed by atoms with Crippen molar-refractivity contribution >= 4 is 23.6 Å². The summed E-state index contributed by atoms with van der Waals surface area (Å²) in [6.07, 6.45) is 5.44. The van der Waals surface area contributed by atoms with Crippen LogP contribution >= 0.6 is 0 Å². The minimum Gasteiger partial charge on any atom is -0.543 e. The summed E-state index contributed by atoms with van der Waals surface area (Å²) in [5.74, 6) is -1.50. The van der Waals surface area contributed by atoms with Gasteiger partial charge >= 0.3 is 37.7 Å². The minimum atomic E-state index is -1.31. The van der Waals surface area contributed by atoms with Crippen LogP contribution in [0.2, 0.25) is 0 Å². The van der Waals surface area contributed by atoms with Crippen LogP contribution < -0.4 is 57.7 Å². The molecule has 2 aliphatic heterocycles. The summed E-state index contributed by atoms with van der Waals surface area (Å²) in [4.78, 5) is 40.5. The molecule has 2 aliphatic rings. The Morgan fingerprint density at radius 2 is 1.03 bits per heavy atom. The second kappa shape index (κ2) is 14.1. The number of hydrogen-bond donors (Lipinski definition) is 0. The molecule has 14 heteroatoms. The second-order valence-corrected chi connectivity index (χ2v) is 6.30. The number of rotatable bonds is 4. The largest absolute Gasteiger partial charge is 1.00 e. The molecule has 2 aromatic heterocycles. The van der Waals surface area contributed by atoms with Crippen molar-refractivity contribution in [2.24, 2.45) is 0 Å². The molecule has 4 heterocycles. The Morgan fingerprint density at radius 3 is 1.34 bits per heavy atom. The molecule has 0 unspecified atom stereocenters. The number of anilines is 2. The third-order valence-electron chi connectivity index (χ3n) is 4.33. The van der Waals surface area contributed by atoms with Gasteiger partial charge in [-0.3, -0.25) is 9.97 Å². The van der Waals surface area contributed by atoms with E-state index in [9.17, 15) is 19.8 Å². The molecule has 0 aromatic carbocycles. The van der Waals surface area contributed by atoms with Crippen LogP contribution in [0, 0.1) is 0 Å². The van der Waals surface area contributed by atoms with Crippen LogP contribution in [0.1, 0.15) is 21.0 Å². The molecule has 0 bridgehead atoms. The summed E-state index contributed by atoms with van der Waals surface area (Å²) >= 11 is 0. The van der Waals surface area contributed by atoms with E-state index < -0.39 is 11.9 Å². The number of carbonyl (C=O) groups is 2. The molecule has 0 aliphatic carbocycles. The third-order valence-corrected chi connectivity index (χ3v) is 4.33. The molecule has 2 saturated heterocycles. The van der Waals surface area contributed by atoms with Crippen LogP contribution in [-0.4, -0.2) is 84.5 Å². The van der Waals surface area contributed by atoms with Gasteiger partial charge in [-0.15, -0.1) is 0 Å². The van der Waals surface area contributed by atoms with Crippen molar-refractivity contribution in [2.45, 2.75) is 0 Å². The maximum Gasteiger partial charge on any atom is 1.00 e. The summed E-state index contributed by atoms with van der Waals surface area (Å²) in [5.41, 5.74) is -0.280. The molecule has 0 N–H and O–H groups in total. The predicted molar refractivity (Wildman–Crippen MR) is 98.8 cm³/mol. The first-order chi connectivity index (χ1) is 14.5. The van der Waals surface area contributed by atoms with Crippen LogP contribution in [0.5, 0.6) is 0 Å². The predicted octanol–water partition coefficient (Wildman–Crippen LogP) is -8.64. The number of aromatic nitrogens is 4. The van der Waals surface area contributed by atoms with Gasteiger partial charge in [0.1, 0.15) is 23.0 Å². The van der Waals surface area contributed by atoms with Crippen molar-refractivity contribution in [3.05, 3.63) is 36.2 Å². The average Bonchev–Trinajstić information content (AvgIpc) is 2.81. The number of carbonyl (C=O) groups excluding carboxylic acids is 2. The van der Waals surface area contributed by atoms with Crippen LogP contribution in [0.3, 0.4) is 0 Å². The van der Waals surface area contributed by atoms with Crippen molar-refractivity contribution < 1.29 is 67.0 Å². The molecular weight excluding hydrogens is 410 g/mol. The number of hydrogen-bond acceptors (Lipinski definition) is 12. The molecule has 32 heavy (non-hydrogen) atoms. The maximum absolute atomic E-state index is 10.6. The van der Waals surface area contributed by atoms with Crippen molar-refractivity contribution in [1.29, 1.82) is 0 Å². The normalized spacial score (nSPS) is 15.4. The Hall–Kier alpha value is -2.19. The Kier molecular flexibility index (Phi) is 12.2. The Labute approximate surface area is 208 Å². The summed E-state index contributed by atoms with van der Waals surface area (Å²) in [6.45, 7) is 5.29. The zero-order chi connectivity index (χ0) is 21.3. The van der Waals surface area contributed by atoms with Crippen LogP contribution in [0.15, 0.2) is 24.8 Å². The van der Waals surface area contributed by atoms with E-state index in [0.717, 1.165) is 0 Å². The first-order valence-corrected chi connectivity index (χ1v) is 9.27. The zero-order valence-corrected chi connectivity index (χ0v) is 18.1. The number of aromatic carboxylic acids is 2. The number of ether oxygens (including phenoxy) is 2. The first kappa shape index (κ1) is 27.8. The maximum atomic E-state index is 10.6. The van der Waals surface area contributed by atoms with Crippen LogP contribution in [0.25, 0.3) is 0 Å². The monoisotopic (exact) mass is 430 g/mol. The van der Waals surface area contributed by atoms with Crippen molar-refractivity contribution in [3.63, 3.8) is 0 Å². The molecule has 160 valence electrons. The average molecular weight is 430 g/mol. The number of morpholine rings is 2. The van der Waals surface area contributed by atoms with Crippen LogP contribution in [0.4, 0.5) is 11.6 Å². The van der Waals surface area contributed by atoms with Gasteiger partial charge in [0, 0.05) is 26.2 Å². The van der Waals surface area contributed by atoms with E-state index in [1.165, 1.54) is 24.8 Å². The number of nitrogens with zero attached hydrogens (tertiary/aromatic N) is 6. The Bertz CT molecular complexity index is 809. The van der Waals surface area contributed by atoms with E-state index in [0.29, 0.717) is 64.2 Å². The quantitative estimate of drug-likeness (QED) is 0.423. The molecule has 0 spiro atoms. The second-order valence-electron chi connectivity index (χ2n) is 6.30. The zero-order valence-electron chi connectivity index (χ0n) is 18.1. The fourth-order valence-electron chi connectivity index (χ4n) is 2.80. The van der Waals surface area contributed by atoms with Crippen LogP contribution in [-0.2, 0) is 9.47 Å². The summed E-state index contributed by atoms with van der Waals surface area (Å²) in [7, 11) is 0. The van der Waals surface area contributed by atoms with Crippen molar-refractivity contribution in [1.82, 2.24) is 19.9 Å². The van der Waals surface area contributed by atoms with Gasteiger partial charge in [0.2, 0.25) is 0 Å². The van der Waals surface area contributed by atoms with E-state index in [1.807, 2.05) is 9.80 Å². The molecule has 12 nitrogen and oxygen atoms in total. The molecule has 2 fully saturated rings. The summed E-state index contributed by atoms with van der Waals surface area (Å²) < 4.78 is 10.4. The van der Waals surface area contributed by atoms with Crippen molar-refractivity contribution in [3.8, 4) is 0 Å². The van der Waals surface area contributed by atoms with E-state index in [1.54, 1.807) is 0 Å². The fourth-order valence-corrected chi connectivity index (χ4v) is 2.80. The molecule has 0 saturated carbocycles. The molecular formula is C18H20Li2N6O6. The SMILES string of the molecule is O=C([O-])c1cncc(N2CCOCC2)n1.O=C([O-])c1cncc(N2CCOCC2)n1.[Li+].[Li+]. The Balaban J connectivity index is 0.000000301. The first-order valence-electron chi connectivity index (χ1n) is 9.27. The van der Waals surface area contributed by atoms with Gasteiger partial charge in [0.15, 0.2) is 0 Å². The summed E-state index contributed by atoms with van der Waals surface area (Å²) in [5, 5.41) is 21.2. The van der Waals surface area contributed by atoms with E-state index in [2.05, 4.69) is 19.9 Å². The summed E-state index contributed by atoms with van der Waals surface area (Å²) in [6, 6.07) is 0. The van der Waals surface area contributed by atoms with Gasteiger partial charge in [-0.1, -0.05) is 0 Å². The molecule has 4 rings (SSSR count). The van der Waals surface area contributed by atoms with E-state index in [4.69, 9.17) is 9.47 Å². The number of carboxylic acids is 2. The van der Waals surface area contributed by atoms with E-state index in [-0.39, 0.29) is 49.1 Å². The minimum absolute atomic E-state index is 0. The van der Waals surface area contributed by atoms with Gasteiger partial charge in [-0.2, -0.15) is 0 Å². The van der Waals surface area contributed by atoms with E-state index >= 15 is 0 Å².